The molecule has 1 rings (SSSR count). The van der Waals surface area contributed by atoms with Crippen LogP contribution in [-0.4, -0.2) is 22.4 Å². The van der Waals surface area contributed by atoms with E-state index in [2.05, 4.69) is 0 Å². The van der Waals surface area contributed by atoms with Gasteiger partial charge in [-0.05, 0) is 31.4 Å². The van der Waals surface area contributed by atoms with Crippen LogP contribution in [0.15, 0.2) is 18.2 Å². The molecule has 1 aromatic carbocycles. The Bertz CT molecular complexity index is 322. The standard InChI is InChI=1S/C12H16F2O2/c1-2-11(15)12(16)7-6-8-9(13)4-3-5-10(8)14/h3-5,11-12,15-16H,2,6-7H2,1H3. The molecule has 16 heavy (non-hydrogen) atoms. The van der Waals surface area contributed by atoms with Crippen LogP contribution in [0.25, 0.3) is 0 Å². The van der Waals surface area contributed by atoms with E-state index in [0.717, 1.165) is 0 Å². The van der Waals surface area contributed by atoms with Crippen molar-refractivity contribution < 1.29 is 19.0 Å². The Kier molecular flexibility index (Phi) is 4.83. The molecule has 0 aliphatic carbocycles. The third kappa shape index (κ3) is 3.25. The number of aliphatic hydroxyl groups excluding tert-OH is 2. The van der Waals surface area contributed by atoms with Crippen LogP contribution in [0.3, 0.4) is 0 Å². The van der Waals surface area contributed by atoms with Crippen molar-refractivity contribution >= 4 is 0 Å². The predicted molar refractivity (Wildman–Crippen MR) is 57.0 cm³/mol. The highest BCUT2D eigenvalue weighted by atomic mass is 19.1. The lowest BCUT2D eigenvalue weighted by molar-refractivity contribution is 0.0128. The fourth-order valence-electron chi connectivity index (χ4n) is 1.53. The average Bonchev–Trinajstić information content (AvgIpc) is 2.27. The molecule has 0 aliphatic rings. The largest absolute Gasteiger partial charge is 0.390 e. The summed E-state index contributed by atoms with van der Waals surface area (Å²) in [4.78, 5) is 0. The molecule has 2 N–H and O–H groups in total. The van der Waals surface area contributed by atoms with E-state index in [9.17, 15) is 19.0 Å². The normalized spacial score (nSPS) is 14.8. The number of aliphatic hydroxyl groups is 2. The van der Waals surface area contributed by atoms with E-state index in [4.69, 9.17) is 0 Å². The molecule has 0 fully saturated rings. The Morgan fingerprint density at radius 2 is 1.69 bits per heavy atom. The molecule has 0 saturated heterocycles. The highest BCUT2D eigenvalue weighted by Crippen LogP contribution is 2.16. The maximum Gasteiger partial charge on any atom is 0.129 e. The summed E-state index contributed by atoms with van der Waals surface area (Å²) in [7, 11) is 0. The maximum absolute atomic E-state index is 13.2. The third-order valence-corrected chi connectivity index (χ3v) is 2.61. The van der Waals surface area contributed by atoms with Crippen LogP contribution in [0.5, 0.6) is 0 Å². The van der Waals surface area contributed by atoms with Gasteiger partial charge in [0.25, 0.3) is 0 Å². The van der Waals surface area contributed by atoms with Gasteiger partial charge < -0.3 is 10.2 Å². The quantitative estimate of drug-likeness (QED) is 0.812. The molecule has 90 valence electrons. The summed E-state index contributed by atoms with van der Waals surface area (Å²) in [5, 5.41) is 18.8. The van der Waals surface area contributed by atoms with Crippen LogP contribution in [0, 0.1) is 11.6 Å². The molecule has 0 radical (unpaired) electrons. The third-order valence-electron chi connectivity index (χ3n) is 2.61. The first kappa shape index (κ1) is 13.1. The number of benzene rings is 1. The molecule has 2 atom stereocenters. The second-order valence-corrected chi connectivity index (χ2v) is 3.78. The smallest absolute Gasteiger partial charge is 0.129 e. The molecule has 0 aliphatic heterocycles. The van der Waals surface area contributed by atoms with E-state index in [-0.39, 0.29) is 18.4 Å². The zero-order valence-corrected chi connectivity index (χ0v) is 9.16. The van der Waals surface area contributed by atoms with Crippen LogP contribution in [0.2, 0.25) is 0 Å². The Hall–Kier alpha value is -1.00. The van der Waals surface area contributed by atoms with Gasteiger partial charge in [0.15, 0.2) is 0 Å². The Balaban J connectivity index is 2.61. The van der Waals surface area contributed by atoms with Crippen LogP contribution in [0.4, 0.5) is 8.78 Å². The van der Waals surface area contributed by atoms with E-state index in [1.54, 1.807) is 6.92 Å². The molecule has 0 amide bonds. The summed E-state index contributed by atoms with van der Waals surface area (Å²) < 4.78 is 26.4. The summed E-state index contributed by atoms with van der Waals surface area (Å²) in [6.07, 6.45) is -1.14. The van der Waals surface area contributed by atoms with Crippen molar-refractivity contribution in [1.82, 2.24) is 0 Å². The lowest BCUT2D eigenvalue weighted by atomic mass is 10.0. The van der Waals surface area contributed by atoms with Gasteiger partial charge in [-0.1, -0.05) is 13.0 Å². The van der Waals surface area contributed by atoms with Crippen LogP contribution < -0.4 is 0 Å². The molecule has 2 nitrogen and oxygen atoms in total. The van der Waals surface area contributed by atoms with Gasteiger partial charge in [0.1, 0.15) is 11.6 Å². The average molecular weight is 230 g/mol. The molecule has 0 saturated carbocycles. The van der Waals surface area contributed by atoms with Crippen molar-refractivity contribution in [1.29, 1.82) is 0 Å². The van der Waals surface area contributed by atoms with E-state index in [1.807, 2.05) is 0 Å². The number of rotatable bonds is 5. The molecule has 0 bridgehead atoms. The van der Waals surface area contributed by atoms with Gasteiger partial charge in [-0.2, -0.15) is 0 Å². The molecule has 0 heterocycles. The van der Waals surface area contributed by atoms with Crippen molar-refractivity contribution in [2.75, 3.05) is 0 Å². The zero-order chi connectivity index (χ0) is 12.1. The molecule has 4 heteroatoms. The lowest BCUT2D eigenvalue weighted by Crippen LogP contribution is -2.25. The molecule has 0 aromatic heterocycles. The van der Waals surface area contributed by atoms with Gasteiger partial charge in [-0.25, -0.2) is 8.78 Å². The first-order valence-corrected chi connectivity index (χ1v) is 5.35. The predicted octanol–water partition coefficient (Wildman–Crippen LogP) is 2.03. The van der Waals surface area contributed by atoms with Crippen molar-refractivity contribution in [2.45, 2.75) is 38.4 Å². The summed E-state index contributed by atoms with van der Waals surface area (Å²) in [5.74, 6) is -1.23. The molecular weight excluding hydrogens is 214 g/mol. The van der Waals surface area contributed by atoms with Crippen molar-refractivity contribution in [3.8, 4) is 0 Å². The minimum atomic E-state index is -0.941. The first-order valence-electron chi connectivity index (χ1n) is 5.35. The lowest BCUT2D eigenvalue weighted by Gasteiger charge is -2.16. The van der Waals surface area contributed by atoms with Gasteiger partial charge >= 0.3 is 0 Å². The molecule has 0 spiro atoms. The van der Waals surface area contributed by atoms with Gasteiger partial charge in [-0.3, -0.25) is 0 Å². The van der Waals surface area contributed by atoms with Gasteiger partial charge in [0, 0.05) is 5.56 Å². The Morgan fingerprint density at radius 3 is 2.19 bits per heavy atom. The molecule has 1 aromatic rings. The number of hydrogen-bond acceptors (Lipinski definition) is 2. The first-order chi connectivity index (χ1) is 7.56. The van der Waals surface area contributed by atoms with Crippen LogP contribution in [-0.2, 0) is 6.42 Å². The minimum absolute atomic E-state index is 0.0372. The summed E-state index contributed by atoms with van der Waals surface area (Å²) >= 11 is 0. The Morgan fingerprint density at radius 1 is 1.12 bits per heavy atom. The van der Waals surface area contributed by atoms with Gasteiger partial charge in [0.05, 0.1) is 12.2 Å². The fourth-order valence-corrected chi connectivity index (χ4v) is 1.53. The van der Waals surface area contributed by atoms with Crippen molar-refractivity contribution in [3.63, 3.8) is 0 Å². The van der Waals surface area contributed by atoms with Crippen LogP contribution in [0.1, 0.15) is 25.3 Å². The topological polar surface area (TPSA) is 40.5 Å². The summed E-state index contributed by atoms with van der Waals surface area (Å²) in [6, 6.07) is 3.66. The summed E-state index contributed by atoms with van der Waals surface area (Å²) in [5.41, 5.74) is -0.0372. The molecule has 2 unspecified atom stereocenters. The number of hydrogen-bond donors (Lipinski definition) is 2. The van der Waals surface area contributed by atoms with Gasteiger partial charge in [0.2, 0.25) is 0 Å². The van der Waals surface area contributed by atoms with Crippen molar-refractivity contribution in [3.05, 3.63) is 35.4 Å². The zero-order valence-electron chi connectivity index (χ0n) is 9.16. The van der Waals surface area contributed by atoms with Crippen molar-refractivity contribution in [2.24, 2.45) is 0 Å². The monoisotopic (exact) mass is 230 g/mol. The SMILES string of the molecule is CCC(O)C(O)CCc1c(F)cccc1F. The van der Waals surface area contributed by atoms with E-state index in [0.29, 0.717) is 6.42 Å². The maximum atomic E-state index is 13.2. The fraction of sp³-hybridized carbons (Fsp3) is 0.500. The van der Waals surface area contributed by atoms with E-state index < -0.39 is 23.8 Å². The van der Waals surface area contributed by atoms with Crippen LogP contribution >= 0.6 is 0 Å². The minimum Gasteiger partial charge on any atom is -0.390 e. The second-order valence-electron chi connectivity index (χ2n) is 3.78. The number of halogens is 2. The highest BCUT2D eigenvalue weighted by Gasteiger charge is 2.16. The molecular formula is C12H16F2O2. The second kappa shape index (κ2) is 5.92. The highest BCUT2D eigenvalue weighted by molar-refractivity contribution is 5.19. The summed E-state index contributed by atoms with van der Waals surface area (Å²) in [6.45, 7) is 1.73. The van der Waals surface area contributed by atoms with Gasteiger partial charge in [-0.15, -0.1) is 0 Å². The van der Waals surface area contributed by atoms with E-state index in [1.165, 1.54) is 18.2 Å². The Labute approximate surface area is 93.5 Å². The van der Waals surface area contributed by atoms with E-state index >= 15 is 0 Å².